The summed E-state index contributed by atoms with van der Waals surface area (Å²) in [5.74, 6) is 0.125. The van der Waals surface area contributed by atoms with Crippen LogP contribution < -0.4 is 15.5 Å². The van der Waals surface area contributed by atoms with Gasteiger partial charge in [-0.25, -0.2) is 4.68 Å². The Bertz CT molecular complexity index is 1560. The molecule has 2 atom stereocenters. The second-order valence-electron chi connectivity index (χ2n) is 10.9. The second kappa shape index (κ2) is 11.7. The predicted octanol–water partition coefficient (Wildman–Crippen LogP) is 6.06. The third-order valence-electron chi connectivity index (χ3n) is 8.25. The number of hydrogen-bond donors (Lipinski definition) is 1. The zero-order chi connectivity index (χ0) is 29.1. The molecule has 3 heterocycles. The van der Waals surface area contributed by atoms with Gasteiger partial charge in [-0.3, -0.25) is 10.1 Å². The molecule has 2 saturated heterocycles. The average molecular weight is 551 g/mol. The molecule has 2 aliphatic heterocycles. The molecule has 1 aromatic heterocycles. The Morgan fingerprint density at radius 2 is 1.66 bits per heavy atom. The van der Waals surface area contributed by atoms with Crippen molar-refractivity contribution in [2.45, 2.75) is 64.5 Å². The first-order valence-corrected chi connectivity index (χ1v) is 14.2. The number of anilines is 3. The third-order valence-corrected chi connectivity index (χ3v) is 8.25. The van der Waals surface area contributed by atoms with Gasteiger partial charge in [-0.1, -0.05) is 18.2 Å². The molecule has 210 valence electrons. The molecule has 2 aliphatic rings. The molecule has 2 N–H and O–H groups in total. The molecule has 2 aromatic carbocycles. The number of para-hydroxylation sites is 1. The Morgan fingerprint density at radius 3 is 2.22 bits per heavy atom. The van der Waals surface area contributed by atoms with Crippen molar-refractivity contribution in [3.8, 4) is 17.8 Å². The molecule has 10 heteroatoms. The van der Waals surface area contributed by atoms with Crippen LogP contribution in [-0.2, 0) is 0 Å². The molecule has 41 heavy (non-hydrogen) atoms. The van der Waals surface area contributed by atoms with E-state index in [9.17, 15) is 20.6 Å². The highest BCUT2D eigenvalue weighted by molar-refractivity contribution is 5.95. The zero-order valence-electron chi connectivity index (χ0n) is 23.5. The molecule has 5 rings (SSSR count). The highest BCUT2D eigenvalue weighted by Gasteiger charge is 2.30. The van der Waals surface area contributed by atoms with Gasteiger partial charge in [0.25, 0.3) is 5.69 Å². The van der Waals surface area contributed by atoms with Gasteiger partial charge in [0, 0.05) is 42.5 Å². The lowest BCUT2D eigenvalue weighted by atomic mass is 9.97. The van der Waals surface area contributed by atoms with Gasteiger partial charge in [0.15, 0.2) is 0 Å². The van der Waals surface area contributed by atoms with Crippen LogP contribution in [0.4, 0.5) is 22.9 Å². The maximum absolute atomic E-state index is 12.4. The minimum absolute atomic E-state index is 0.00513. The minimum atomic E-state index is -0.341. The number of nitro groups is 1. The van der Waals surface area contributed by atoms with Crippen molar-refractivity contribution in [1.82, 2.24) is 9.78 Å². The summed E-state index contributed by atoms with van der Waals surface area (Å²) in [6.07, 6.45) is 7.84. The van der Waals surface area contributed by atoms with Gasteiger partial charge in [-0.2, -0.15) is 15.6 Å². The molecular weight excluding hydrogens is 516 g/mol. The van der Waals surface area contributed by atoms with Crippen LogP contribution in [0.3, 0.4) is 0 Å². The van der Waals surface area contributed by atoms with E-state index in [4.69, 9.17) is 5.73 Å². The molecule has 3 aromatic rings. The Hall–Kier alpha value is -4.83. The molecule has 0 amide bonds. The molecule has 0 radical (unpaired) electrons. The number of aromatic nitrogens is 2. The quantitative estimate of drug-likeness (QED) is 0.222. The highest BCUT2D eigenvalue weighted by atomic mass is 16.6. The summed E-state index contributed by atoms with van der Waals surface area (Å²) in [6.45, 7) is 5.86. The maximum atomic E-state index is 12.4. The second-order valence-corrected chi connectivity index (χ2v) is 10.9. The van der Waals surface area contributed by atoms with Gasteiger partial charge in [0.1, 0.15) is 34.9 Å². The fraction of sp³-hybridized carbons (Fsp3) is 0.387. The van der Waals surface area contributed by atoms with Crippen molar-refractivity contribution in [3.05, 3.63) is 69.4 Å². The number of benzene rings is 2. The lowest BCUT2D eigenvalue weighted by Gasteiger charge is -2.39. The van der Waals surface area contributed by atoms with Gasteiger partial charge in [-0.05, 0) is 76.6 Å². The first-order valence-electron chi connectivity index (χ1n) is 14.2. The van der Waals surface area contributed by atoms with Crippen LogP contribution in [0.25, 0.3) is 17.3 Å². The van der Waals surface area contributed by atoms with E-state index in [-0.39, 0.29) is 45.3 Å². The van der Waals surface area contributed by atoms with Gasteiger partial charge in [0.05, 0.1) is 16.2 Å². The van der Waals surface area contributed by atoms with Crippen molar-refractivity contribution >= 4 is 34.5 Å². The number of nitrogens with two attached hydrogens (primary N) is 1. The van der Waals surface area contributed by atoms with Crippen LogP contribution >= 0.6 is 0 Å². The standard InChI is InChI=1S/C31H34N8O2/c1-21-10-6-8-14-36(21)27-18-28(37-15-9-7-11-22(37)2)29(39(40)41)17-23(27)16-24(19-32)30-26(20-33)31(34)38(35-30)25-12-4-3-5-13-25/h3-5,12-13,16-18,21-22H,6-11,14-15,34H2,1-2H3/b24-16+/t21-,22+/m1/s1. The Kier molecular flexibility index (Phi) is 7.93. The molecule has 2 fully saturated rings. The van der Waals surface area contributed by atoms with E-state index in [1.807, 2.05) is 36.4 Å². The summed E-state index contributed by atoms with van der Waals surface area (Å²) in [4.78, 5) is 16.5. The molecule has 0 bridgehead atoms. The van der Waals surface area contributed by atoms with E-state index in [2.05, 4.69) is 40.9 Å². The van der Waals surface area contributed by atoms with Gasteiger partial charge >= 0.3 is 0 Å². The van der Waals surface area contributed by atoms with Crippen molar-refractivity contribution in [3.63, 3.8) is 0 Å². The van der Waals surface area contributed by atoms with Crippen molar-refractivity contribution < 1.29 is 4.92 Å². The topological polar surface area (TPSA) is 141 Å². The van der Waals surface area contributed by atoms with E-state index in [1.165, 1.54) is 4.68 Å². The van der Waals surface area contributed by atoms with Gasteiger partial charge in [-0.15, -0.1) is 0 Å². The third kappa shape index (κ3) is 5.33. The number of hydrogen-bond acceptors (Lipinski definition) is 8. The first kappa shape index (κ1) is 27.7. The van der Waals surface area contributed by atoms with E-state index in [1.54, 1.807) is 12.1 Å². The Labute approximate surface area is 240 Å². The maximum Gasteiger partial charge on any atom is 0.293 e. The molecular formula is C31H34N8O2. The zero-order valence-corrected chi connectivity index (χ0v) is 23.5. The fourth-order valence-corrected chi connectivity index (χ4v) is 6.04. The highest BCUT2D eigenvalue weighted by Crippen LogP contribution is 2.41. The van der Waals surface area contributed by atoms with Crippen LogP contribution in [0.5, 0.6) is 0 Å². The molecule has 0 aliphatic carbocycles. The summed E-state index contributed by atoms with van der Waals surface area (Å²) in [5, 5.41) is 37.2. The average Bonchev–Trinajstić information content (AvgIpc) is 3.32. The van der Waals surface area contributed by atoms with E-state index >= 15 is 0 Å². The van der Waals surface area contributed by atoms with Crippen LogP contribution in [0, 0.1) is 32.8 Å². The van der Waals surface area contributed by atoms with Crippen molar-refractivity contribution in [2.24, 2.45) is 0 Å². The Morgan fingerprint density at radius 1 is 1.02 bits per heavy atom. The summed E-state index contributed by atoms with van der Waals surface area (Å²) in [6, 6.07) is 17.4. The van der Waals surface area contributed by atoms with E-state index in [0.717, 1.165) is 57.3 Å². The van der Waals surface area contributed by atoms with Crippen LogP contribution in [0.2, 0.25) is 0 Å². The number of rotatable bonds is 6. The predicted molar refractivity (Wildman–Crippen MR) is 161 cm³/mol. The number of nitro benzene ring substituents is 1. The SMILES string of the molecule is C[C@@H]1CCCCN1c1cc(N2CCCC[C@@H]2C)c([N+](=O)[O-])cc1/C=C(\C#N)c1nn(-c2ccccc2)c(N)c1C#N. The number of nitriles is 2. The number of nitrogen functional groups attached to an aromatic ring is 1. The molecule has 0 spiro atoms. The lowest BCUT2D eigenvalue weighted by molar-refractivity contribution is -0.384. The summed E-state index contributed by atoms with van der Waals surface area (Å²) in [5.41, 5.74) is 9.32. The Balaban J connectivity index is 1.71. The van der Waals surface area contributed by atoms with Crippen LogP contribution in [0.1, 0.15) is 69.2 Å². The molecule has 0 unspecified atom stereocenters. The van der Waals surface area contributed by atoms with Gasteiger partial charge < -0.3 is 15.5 Å². The molecule has 0 saturated carbocycles. The largest absolute Gasteiger partial charge is 0.382 e. The van der Waals surface area contributed by atoms with E-state index < -0.39 is 0 Å². The van der Waals surface area contributed by atoms with Gasteiger partial charge in [0.2, 0.25) is 0 Å². The number of allylic oxidation sites excluding steroid dienone is 1. The first-order chi connectivity index (χ1) is 19.8. The van der Waals surface area contributed by atoms with Crippen LogP contribution in [0.15, 0.2) is 42.5 Å². The van der Waals surface area contributed by atoms with Crippen molar-refractivity contribution in [2.75, 3.05) is 28.6 Å². The normalized spacial score (nSPS) is 19.5. The fourth-order valence-electron chi connectivity index (χ4n) is 6.04. The van der Waals surface area contributed by atoms with E-state index in [0.29, 0.717) is 16.9 Å². The van der Waals surface area contributed by atoms with Crippen LogP contribution in [-0.4, -0.2) is 39.9 Å². The van der Waals surface area contributed by atoms with Crippen molar-refractivity contribution in [1.29, 1.82) is 10.5 Å². The smallest absolute Gasteiger partial charge is 0.293 e. The summed E-state index contributed by atoms with van der Waals surface area (Å²) < 4.78 is 1.44. The minimum Gasteiger partial charge on any atom is -0.382 e. The molecule has 10 nitrogen and oxygen atoms in total. The number of nitrogens with zero attached hydrogens (tertiary/aromatic N) is 7. The number of piperidine rings is 2. The summed E-state index contributed by atoms with van der Waals surface area (Å²) in [7, 11) is 0. The lowest BCUT2D eigenvalue weighted by Crippen LogP contribution is -2.39. The monoisotopic (exact) mass is 550 g/mol. The summed E-state index contributed by atoms with van der Waals surface area (Å²) >= 11 is 0.